The lowest BCUT2D eigenvalue weighted by Gasteiger charge is -2.35. The number of nitrogens with zero attached hydrogens (tertiary/aromatic N) is 5. The molecule has 1 aliphatic heterocycles. The molecular weight excluding hydrogens is 400 g/mol. The number of nitrogens with one attached hydrogen (secondary N) is 1. The van der Waals surface area contributed by atoms with E-state index in [1.54, 1.807) is 12.1 Å². The third kappa shape index (κ3) is 6.47. The Morgan fingerprint density at radius 1 is 0.969 bits per heavy atom. The van der Waals surface area contributed by atoms with Gasteiger partial charge in [-0.3, -0.25) is 0 Å². The predicted octanol–water partition coefficient (Wildman–Crippen LogP) is 3.17. The van der Waals surface area contributed by atoms with E-state index in [0.717, 1.165) is 43.7 Å². The van der Waals surface area contributed by atoms with E-state index >= 15 is 0 Å². The monoisotopic (exact) mass is 430 g/mol. The van der Waals surface area contributed by atoms with Crippen molar-refractivity contribution < 1.29 is 4.79 Å². The minimum absolute atomic E-state index is 0.0481. The maximum Gasteiger partial charge on any atom is 0.317 e. The molecule has 0 aliphatic carbocycles. The molecule has 1 aliphatic rings. The Morgan fingerprint density at radius 2 is 1.53 bits per heavy atom. The summed E-state index contributed by atoms with van der Waals surface area (Å²) in [5.74, 6) is 0. The van der Waals surface area contributed by atoms with Gasteiger partial charge in [0.15, 0.2) is 0 Å². The van der Waals surface area contributed by atoms with Crippen LogP contribution in [-0.2, 0) is 6.54 Å². The summed E-state index contributed by atoms with van der Waals surface area (Å²) in [6.07, 6.45) is 1.76. The lowest BCUT2D eigenvalue weighted by atomic mass is 10.0. The van der Waals surface area contributed by atoms with Crippen molar-refractivity contribution in [3.05, 3.63) is 65.2 Å². The molecule has 2 amide bonds. The van der Waals surface area contributed by atoms with Crippen molar-refractivity contribution in [1.29, 1.82) is 10.5 Å². The van der Waals surface area contributed by atoms with Gasteiger partial charge in [0.25, 0.3) is 0 Å². The van der Waals surface area contributed by atoms with E-state index in [1.165, 1.54) is 0 Å². The molecule has 1 fully saturated rings. The number of rotatable bonds is 7. The number of urea groups is 1. The van der Waals surface area contributed by atoms with Crippen LogP contribution >= 0.6 is 0 Å². The standard InChI is InChI=1S/C25H30N6O/c1-29(2)15-16-31(19-22-5-3-20(17-26)4-6-22)25(32)28-23-11-13-30(14-12-23)24-9-7-21(18-27)8-10-24/h3-10,23H,11-16,19H2,1-2H3,(H,28,32). The normalized spacial score (nSPS) is 14.0. The molecule has 7 nitrogen and oxygen atoms in total. The van der Waals surface area contributed by atoms with Crippen LogP contribution in [0.4, 0.5) is 10.5 Å². The summed E-state index contributed by atoms with van der Waals surface area (Å²) in [6, 6.07) is 19.4. The third-order valence-electron chi connectivity index (χ3n) is 5.74. The van der Waals surface area contributed by atoms with E-state index in [9.17, 15) is 4.79 Å². The predicted molar refractivity (Wildman–Crippen MR) is 125 cm³/mol. The molecule has 0 unspecified atom stereocenters. The molecular formula is C25H30N6O. The van der Waals surface area contributed by atoms with Crippen molar-refractivity contribution in [2.75, 3.05) is 45.2 Å². The first-order valence-corrected chi connectivity index (χ1v) is 10.9. The van der Waals surface area contributed by atoms with Gasteiger partial charge in [-0.15, -0.1) is 0 Å². The fraction of sp³-hybridized carbons (Fsp3) is 0.400. The average Bonchev–Trinajstić information content (AvgIpc) is 2.82. The van der Waals surface area contributed by atoms with Crippen LogP contribution in [0.2, 0.25) is 0 Å². The second-order valence-electron chi connectivity index (χ2n) is 8.40. The van der Waals surface area contributed by atoms with Crippen LogP contribution in [0.15, 0.2) is 48.5 Å². The number of hydrogen-bond donors (Lipinski definition) is 1. The van der Waals surface area contributed by atoms with Crippen molar-refractivity contribution >= 4 is 11.7 Å². The van der Waals surface area contributed by atoms with Gasteiger partial charge in [0.1, 0.15) is 0 Å². The SMILES string of the molecule is CN(C)CCN(Cc1ccc(C#N)cc1)C(=O)NC1CCN(c2ccc(C#N)cc2)CC1. The Hall–Kier alpha value is -3.55. The summed E-state index contributed by atoms with van der Waals surface area (Å²) in [6.45, 7) is 3.65. The zero-order valence-electron chi connectivity index (χ0n) is 18.8. The summed E-state index contributed by atoms with van der Waals surface area (Å²) in [4.78, 5) is 19.3. The van der Waals surface area contributed by atoms with Gasteiger partial charge in [-0.25, -0.2) is 4.79 Å². The number of piperidine rings is 1. The lowest BCUT2D eigenvalue weighted by Crippen LogP contribution is -2.50. The van der Waals surface area contributed by atoms with Gasteiger partial charge in [-0.2, -0.15) is 10.5 Å². The molecule has 1 saturated heterocycles. The molecule has 166 valence electrons. The number of carbonyl (C=O) groups excluding carboxylic acids is 1. The van der Waals surface area contributed by atoms with Crippen LogP contribution in [0.1, 0.15) is 29.5 Å². The molecule has 0 spiro atoms. The van der Waals surface area contributed by atoms with Crippen LogP contribution in [0, 0.1) is 22.7 Å². The average molecular weight is 431 g/mol. The molecule has 2 aromatic carbocycles. The summed E-state index contributed by atoms with van der Waals surface area (Å²) in [5.41, 5.74) is 3.40. The van der Waals surface area contributed by atoms with E-state index in [0.29, 0.717) is 24.2 Å². The van der Waals surface area contributed by atoms with Gasteiger partial charge >= 0.3 is 6.03 Å². The molecule has 32 heavy (non-hydrogen) atoms. The Labute approximate surface area is 190 Å². The summed E-state index contributed by atoms with van der Waals surface area (Å²) in [7, 11) is 3.99. The lowest BCUT2D eigenvalue weighted by molar-refractivity contribution is 0.182. The Morgan fingerprint density at radius 3 is 2.06 bits per heavy atom. The Kier molecular flexibility index (Phi) is 8.08. The van der Waals surface area contributed by atoms with E-state index in [4.69, 9.17) is 10.5 Å². The van der Waals surface area contributed by atoms with Gasteiger partial charge in [0.05, 0.1) is 23.3 Å². The van der Waals surface area contributed by atoms with Crippen molar-refractivity contribution in [3.8, 4) is 12.1 Å². The maximum absolute atomic E-state index is 13.1. The highest BCUT2D eigenvalue weighted by Gasteiger charge is 2.23. The zero-order valence-corrected chi connectivity index (χ0v) is 18.8. The van der Waals surface area contributed by atoms with Gasteiger partial charge < -0.3 is 20.0 Å². The van der Waals surface area contributed by atoms with E-state index in [-0.39, 0.29) is 12.1 Å². The number of benzene rings is 2. The smallest absolute Gasteiger partial charge is 0.317 e. The molecule has 2 aromatic rings. The van der Waals surface area contributed by atoms with Gasteiger partial charge in [-0.05, 0) is 68.9 Å². The quantitative estimate of drug-likeness (QED) is 0.729. The summed E-state index contributed by atoms with van der Waals surface area (Å²) in [5, 5.41) is 21.2. The number of anilines is 1. The van der Waals surface area contributed by atoms with E-state index < -0.39 is 0 Å². The molecule has 0 saturated carbocycles. The van der Waals surface area contributed by atoms with Crippen molar-refractivity contribution in [2.24, 2.45) is 0 Å². The minimum atomic E-state index is -0.0481. The first kappa shape index (κ1) is 23.1. The minimum Gasteiger partial charge on any atom is -0.371 e. The van der Waals surface area contributed by atoms with Gasteiger partial charge in [0.2, 0.25) is 0 Å². The number of amides is 2. The highest BCUT2D eigenvalue weighted by atomic mass is 16.2. The Balaban J connectivity index is 1.56. The molecule has 0 bridgehead atoms. The number of nitriles is 2. The first-order valence-electron chi connectivity index (χ1n) is 10.9. The second kappa shape index (κ2) is 11.2. The van der Waals surface area contributed by atoms with Crippen LogP contribution in [-0.4, -0.2) is 62.1 Å². The molecule has 0 atom stereocenters. The molecule has 0 aromatic heterocycles. The highest BCUT2D eigenvalue weighted by Crippen LogP contribution is 2.21. The van der Waals surface area contributed by atoms with Crippen LogP contribution in [0.3, 0.4) is 0 Å². The molecule has 0 radical (unpaired) electrons. The van der Waals surface area contributed by atoms with Crippen LogP contribution < -0.4 is 10.2 Å². The van der Waals surface area contributed by atoms with Crippen molar-refractivity contribution in [3.63, 3.8) is 0 Å². The van der Waals surface area contributed by atoms with Gasteiger partial charge in [-0.1, -0.05) is 12.1 Å². The summed E-state index contributed by atoms with van der Waals surface area (Å²) < 4.78 is 0. The fourth-order valence-electron chi connectivity index (χ4n) is 3.77. The van der Waals surface area contributed by atoms with Crippen molar-refractivity contribution in [1.82, 2.24) is 15.1 Å². The summed E-state index contributed by atoms with van der Waals surface area (Å²) >= 11 is 0. The largest absolute Gasteiger partial charge is 0.371 e. The molecule has 1 heterocycles. The van der Waals surface area contributed by atoms with Gasteiger partial charge in [0, 0.05) is 44.5 Å². The Bertz CT molecular complexity index is 963. The van der Waals surface area contributed by atoms with Crippen molar-refractivity contribution in [2.45, 2.75) is 25.4 Å². The first-order chi connectivity index (χ1) is 15.5. The van der Waals surface area contributed by atoms with E-state index in [2.05, 4.69) is 27.3 Å². The molecule has 1 N–H and O–H groups in total. The van der Waals surface area contributed by atoms with Crippen LogP contribution in [0.5, 0.6) is 0 Å². The second-order valence-corrected chi connectivity index (χ2v) is 8.40. The molecule has 3 rings (SSSR count). The topological polar surface area (TPSA) is 86.4 Å². The van der Waals surface area contributed by atoms with Crippen LogP contribution in [0.25, 0.3) is 0 Å². The number of carbonyl (C=O) groups is 1. The van der Waals surface area contributed by atoms with E-state index in [1.807, 2.05) is 55.4 Å². The fourth-order valence-corrected chi connectivity index (χ4v) is 3.77. The maximum atomic E-state index is 13.1. The number of hydrogen-bond acceptors (Lipinski definition) is 5. The highest BCUT2D eigenvalue weighted by molar-refractivity contribution is 5.74. The molecule has 7 heteroatoms. The third-order valence-corrected chi connectivity index (χ3v) is 5.74. The zero-order chi connectivity index (χ0) is 22.9. The number of likely N-dealkylation sites (N-methyl/N-ethyl adjacent to an activating group) is 1.